The number of furan rings is 1. The lowest BCUT2D eigenvalue weighted by Crippen LogP contribution is -2.05. The summed E-state index contributed by atoms with van der Waals surface area (Å²) in [5, 5.41) is 11.2. The van der Waals surface area contributed by atoms with Crippen LogP contribution in [0.1, 0.15) is 18.8 Å². The Morgan fingerprint density at radius 1 is 1.50 bits per heavy atom. The van der Waals surface area contributed by atoms with E-state index in [1.807, 2.05) is 19.1 Å². The smallest absolute Gasteiger partial charge is 0.152 e. The SMILES string of the molecule is CCOCC(O)c1cc2cccc(Cl)c2o1. The minimum Gasteiger partial charge on any atom is -0.457 e. The summed E-state index contributed by atoms with van der Waals surface area (Å²) in [5.74, 6) is 0.483. The average Bonchev–Trinajstić information content (AvgIpc) is 2.71. The van der Waals surface area contributed by atoms with Crippen molar-refractivity contribution in [2.24, 2.45) is 0 Å². The summed E-state index contributed by atoms with van der Waals surface area (Å²) in [6.45, 7) is 2.67. The number of hydrogen-bond acceptors (Lipinski definition) is 3. The normalized spacial score (nSPS) is 13.2. The second kappa shape index (κ2) is 4.87. The molecule has 1 N–H and O–H groups in total. The number of rotatable bonds is 4. The highest BCUT2D eigenvalue weighted by molar-refractivity contribution is 6.34. The lowest BCUT2D eigenvalue weighted by atomic mass is 10.2. The van der Waals surface area contributed by atoms with Crippen LogP contribution < -0.4 is 0 Å². The van der Waals surface area contributed by atoms with Crippen LogP contribution in [0.5, 0.6) is 0 Å². The summed E-state index contributed by atoms with van der Waals surface area (Å²) in [7, 11) is 0. The Balaban J connectivity index is 2.29. The van der Waals surface area contributed by atoms with Gasteiger partial charge in [0.1, 0.15) is 11.9 Å². The average molecular weight is 241 g/mol. The van der Waals surface area contributed by atoms with E-state index in [1.54, 1.807) is 12.1 Å². The van der Waals surface area contributed by atoms with Gasteiger partial charge in [-0.15, -0.1) is 0 Å². The number of benzene rings is 1. The summed E-state index contributed by atoms with van der Waals surface area (Å²) in [6, 6.07) is 7.28. The first-order chi connectivity index (χ1) is 7.72. The van der Waals surface area contributed by atoms with E-state index in [-0.39, 0.29) is 6.61 Å². The van der Waals surface area contributed by atoms with Crippen molar-refractivity contribution in [3.05, 3.63) is 35.0 Å². The largest absolute Gasteiger partial charge is 0.457 e. The van der Waals surface area contributed by atoms with Crippen LogP contribution in [0.25, 0.3) is 11.0 Å². The number of aliphatic hydroxyl groups excluding tert-OH is 1. The van der Waals surface area contributed by atoms with Crippen LogP contribution in [-0.2, 0) is 4.74 Å². The Labute approximate surface area is 98.6 Å². The Morgan fingerprint density at radius 3 is 3.00 bits per heavy atom. The van der Waals surface area contributed by atoms with E-state index in [4.69, 9.17) is 20.8 Å². The minimum atomic E-state index is -0.747. The van der Waals surface area contributed by atoms with E-state index in [0.29, 0.717) is 23.0 Å². The van der Waals surface area contributed by atoms with E-state index >= 15 is 0 Å². The maximum Gasteiger partial charge on any atom is 0.152 e. The highest BCUT2D eigenvalue weighted by Gasteiger charge is 2.14. The number of ether oxygens (including phenoxy) is 1. The zero-order valence-corrected chi connectivity index (χ0v) is 9.70. The molecule has 86 valence electrons. The van der Waals surface area contributed by atoms with Gasteiger partial charge in [-0.1, -0.05) is 23.7 Å². The molecule has 0 saturated carbocycles. The number of para-hydroxylation sites is 1. The van der Waals surface area contributed by atoms with Gasteiger partial charge in [0, 0.05) is 12.0 Å². The molecule has 0 aliphatic carbocycles. The summed E-state index contributed by atoms with van der Waals surface area (Å²) in [6.07, 6.45) is -0.747. The summed E-state index contributed by atoms with van der Waals surface area (Å²) >= 11 is 5.97. The summed E-state index contributed by atoms with van der Waals surface area (Å²) in [4.78, 5) is 0. The van der Waals surface area contributed by atoms with Crippen LogP contribution in [0.4, 0.5) is 0 Å². The van der Waals surface area contributed by atoms with Crippen LogP contribution in [0.15, 0.2) is 28.7 Å². The molecule has 0 fully saturated rings. The monoisotopic (exact) mass is 240 g/mol. The lowest BCUT2D eigenvalue weighted by molar-refractivity contribution is 0.0312. The second-order valence-electron chi connectivity index (χ2n) is 3.48. The van der Waals surface area contributed by atoms with Crippen molar-refractivity contribution in [2.45, 2.75) is 13.0 Å². The highest BCUT2D eigenvalue weighted by Crippen LogP contribution is 2.29. The first kappa shape index (κ1) is 11.5. The fourth-order valence-electron chi connectivity index (χ4n) is 1.52. The van der Waals surface area contributed by atoms with Crippen molar-refractivity contribution in [3.63, 3.8) is 0 Å². The molecule has 1 unspecified atom stereocenters. The fourth-order valence-corrected chi connectivity index (χ4v) is 1.74. The third kappa shape index (κ3) is 2.21. The van der Waals surface area contributed by atoms with Crippen LogP contribution in [0, 0.1) is 0 Å². The van der Waals surface area contributed by atoms with Gasteiger partial charge < -0.3 is 14.3 Å². The van der Waals surface area contributed by atoms with E-state index in [0.717, 1.165) is 5.39 Å². The molecular formula is C12H13ClO3. The molecule has 1 aromatic heterocycles. The highest BCUT2D eigenvalue weighted by atomic mass is 35.5. The van der Waals surface area contributed by atoms with Crippen molar-refractivity contribution in [3.8, 4) is 0 Å². The molecule has 16 heavy (non-hydrogen) atoms. The van der Waals surface area contributed by atoms with E-state index in [9.17, 15) is 5.11 Å². The van der Waals surface area contributed by atoms with Gasteiger partial charge in [0.25, 0.3) is 0 Å². The molecule has 0 spiro atoms. The number of halogens is 1. The van der Waals surface area contributed by atoms with Crippen LogP contribution in [0.2, 0.25) is 5.02 Å². The van der Waals surface area contributed by atoms with E-state index < -0.39 is 6.10 Å². The molecule has 1 aromatic carbocycles. The van der Waals surface area contributed by atoms with Gasteiger partial charge in [-0.25, -0.2) is 0 Å². The quantitative estimate of drug-likeness (QED) is 0.893. The third-order valence-electron chi connectivity index (χ3n) is 2.32. The second-order valence-corrected chi connectivity index (χ2v) is 3.89. The zero-order valence-electron chi connectivity index (χ0n) is 8.94. The molecule has 1 heterocycles. The van der Waals surface area contributed by atoms with Gasteiger partial charge in [0.05, 0.1) is 11.6 Å². The molecule has 0 bridgehead atoms. The lowest BCUT2D eigenvalue weighted by Gasteiger charge is -2.06. The molecular weight excluding hydrogens is 228 g/mol. The zero-order chi connectivity index (χ0) is 11.5. The molecule has 0 saturated heterocycles. The van der Waals surface area contributed by atoms with E-state index in [1.165, 1.54) is 0 Å². The fraction of sp³-hybridized carbons (Fsp3) is 0.333. The maximum atomic E-state index is 9.78. The van der Waals surface area contributed by atoms with Crippen molar-refractivity contribution in [1.29, 1.82) is 0 Å². The number of fused-ring (bicyclic) bond motifs is 1. The predicted octanol–water partition coefficient (Wildman–Crippen LogP) is 3.16. The van der Waals surface area contributed by atoms with Gasteiger partial charge in [-0.05, 0) is 19.1 Å². The van der Waals surface area contributed by atoms with Crippen molar-refractivity contribution >= 4 is 22.6 Å². The Kier molecular flexibility index (Phi) is 3.49. The molecule has 0 aliphatic heterocycles. The van der Waals surface area contributed by atoms with Crippen LogP contribution >= 0.6 is 11.6 Å². The molecule has 3 nitrogen and oxygen atoms in total. The standard InChI is InChI=1S/C12H13ClO3/c1-2-15-7-10(14)11-6-8-4-3-5-9(13)12(8)16-11/h3-6,10,14H,2,7H2,1H3. The first-order valence-corrected chi connectivity index (χ1v) is 5.54. The predicted molar refractivity (Wildman–Crippen MR) is 62.7 cm³/mol. The topological polar surface area (TPSA) is 42.6 Å². The molecule has 0 amide bonds. The number of aliphatic hydroxyl groups is 1. The minimum absolute atomic E-state index is 0.230. The van der Waals surface area contributed by atoms with E-state index in [2.05, 4.69) is 0 Å². The van der Waals surface area contributed by atoms with Gasteiger partial charge in [0.15, 0.2) is 5.58 Å². The third-order valence-corrected chi connectivity index (χ3v) is 2.62. The summed E-state index contributed by atoms with van der Waals surface area (Å²) in [5.41, 5.74) is 0.606. The molecule has 0 aliphatic rings. The summed E-state index contributed by atoms with van der Waals surface area (Å²) < 4.78 is 10.6. The van der Waals surface area contributed by atoms with Gasteiger partial charge >= 0.3 is 0 Å². The Bertz CT molecular complexity index is 478. The van der Waals surface area contributed by atoms with Crippen molar-refractivity contribution in [1.82, 2.24) is 0 Å². The number of hydrogen-bond donors (Lipinski definition) is 1. The van der Waals surface area contributed by atoms with Crippen LogP contribution in [0.3, 0.4) is 0 Å². The van der Waals surface area contributed by atoms with Gasteiger partial charge in [-0.3, -0.25) is 0 Å². The maximum absolute atomic E-state index is 9.78. The van der Waals surface area contributed by atoms with Gasteiger partial charge in [0.2, 0.25) is 0 Å². The van der Waals surface area contributed by atoms with Crippen LogP contribution in [-0.4, -0.2) is 18.3 Å². The van der Waals surface area contributed by atoms with Crippen molar-refractivity contribution < 1.29 is 14.3 Å². The molecule has 1 atom stereocenters. The first-order valence-electron chi connectivity index (χ1n) is 5.16. The Hall–Kier alpha value is -1.03. The Morgan fingerprint density at radius 2 is 2.31 bits per heavy atom. The molecule has 2 rings (SSSR count). The van der Waals surface area contributed by atoms with Crippen molar-refractivity contribution in [2.75, 3.05) is 13.2 Å². The molecule has 4 heteroatoms. The molecule has 2 aromatic rings. The van der Waals surface area contributed by atoms with Gasteiger partial charge in [-0.2, -0.15) is 0 Å². The molecule has 0 radical (unpaired) electrons.